The molecule has 0 radical (unpaired) electrons. The molecule has 5 heterocycles. The van der Waals surface area contributed by atoms with E-state index in [-0.39, 0.29) is 0 Å². The highest BCUT2D eigenvalue weighted by molar-refractivity contribution is 7.33. The molecular weight excluding hydrogens is 697 g/mol. The molecule has 0 amide bonds. The van der Waals surface area contributed by atoms with E-state index in [1.54, 1.807) is 9.00 Å². The number of hydrogen-bond acceptors (Lipinski definition) is 5. The van der Waals surface area contributed by atoms with Gasteiger partial charge in [-0.1, -0.05) is 141 Å². The average molecular weight is 753 g/mol. The molecule has 0 spiro atoms. The monoisotopic (exact) mass is 752 g/mol. The van der Waals surface area contributed by atoms with Gasteiger partial charge < -0.3 is 0 Å². The first-order valence-corrected chi connectivity index (χ1v) is 28.7. The molecule has 0 aliphatic heterocycles. The zero-order valence-corrected chi connectivity index (χ0v) is 35.8. The minimum atomic E-state index is -1.36. The standard InChI is InChI=1S/C40H56S5Si2/c1-7-9-11-13-15-17-29-46(3,4)39-27-25-37(44-39)35-23-21-33(42-35)31-19-20-32(41-31)34-22-24-36(43-34)38-26-28-40(45-38)47(5,6)30-18-16-14-12-10-8-2/h19-28H,7-18,29-30H2,1-6H3. The maximum Gasteiger partial charge on any atom is 0.0934 e. The molecule has 5 aromatic heterocycles. The molecule has 0 unspecified atom stereocenters. The Morgan fingerprint density at radius 3 is 0.915 bits per heavy atom. The van der Waals surface area contributed by atoms with Crippen LogP contribution in [0.2, 0.25) is 38.3 Å². The average Bonchev–Trinajstić information content (AvgIpc) is 3.89. The molecule has 47 heavy (non-hydrogen) atoms. The highest BCUT2D eigenvalue weighted by Crippen LogP contribution is 2.44. The van der Waals surface area contributed by atoms with Crippen molar-refractivity contribution in [3.8, 4) is 39.0 Å². The highest BCUT2D eigenvalue weighted by atomic mass is 32.1. The fourth-order valence-electron chi connectivity index (χ4n) is 6.42. The van der Waals surface area contributed by atoms with Crippen LogP contribution in [0, 0.1) is 0 Å². The Kier molecular flexibility index (Phi) is 14.0. The summed E-state index contributed by atoms with van der Waals surface area (Å²) in [4.78, 5) is 11.3. The molecule has 0 fully saturated rings. The van der Waals surface area contributed by atoms with Crippen LogP contribution < -0.4 is 9.00 Å². The van der Waals surface area contributed by atoms with Gasteiger partial charge in [-0.25, -0.2) is 0 Å². The van der Waals surface area contributed by atoms with E-state index < -0.39 is 16.1 Å². The minimum absolute atomic E-state index is 1.34. The Bertz CT molecular complexity index is 1520. The first kappa shape index (κ1) is 37.2. The molecule has 0 nitrogen and oxygen atoms in total. The molecule has 0 saturated heterocycles. The lowest BCUT2D eigenvalue weighted by atomic mass is 10.1. The molecule has 0 saturated carbocycles. The molecular formula is C40H56S5Si2. The molecule has 0 aliphatic rings. The SMILES string of the molecule is CCCCCCCC[Si](C)(C)c1ccc(-c2ccc(-c3ccc(-c4ccc(-c5ccc([Si](C)(C)CCCCCCCC)s5)s4)s3)s2)s1. The van der Waals surface area contributed by atoms with Gasteiger partial charge in [0.1, 0.15) is 0 Å². The van der Waals surface area contributed by atoms with Gasteiger partial charge in [-0.05, 0) is 57.5 Å². The third-order valence-corrected chi connectivity index (χ3v) is 25.6. The van der Waals surface area contributed by atoms with E-state index in [2.05, 4.69) is 123 Å². The maximum absolute atomic E-state index is 2.58. The maximum atomic E-state index is 2.58. The van der Waals surface area contributed by atoms with Crippen LogP contribution in [0.3, 0.4) is 0 Å². The van der Waals surface area contributed by atoms with Crippen LogP contribution in [0.15, 0.2) is 60.7 Å². The van der Waals surface area contributed by atoms with E-state index in [4.69, 9.17) is 0 Å². The molecule has 7 heteroatoms. The number of thiophene rings is 5. The van der Waals surface area contributed by atoms with Crippen LogP contribution in [-0.2, 0) is 0 Å². The smallest absolute Gasteiger partial charge is 0.0934 e. The van der Waals surface area contributed by atoms with Gasteiger partial charge in [0.25, 0.3) is 0 Å². The summed E-state index contributed by atoms with van der Waals surface area (Å²) < 4.78 is 3.34. The van der Waals surface area contributed by atoms with Crippen molar-refractivity contribution in [2.24, 2.45) is 0 Å². The molecule has 0 N–H and O–H groups in total. The van der Waals surface area contributed by atoms with Crippen molar-refractivity contribution in [3.05, 3.63) is 60.7 Å². The van der Waals surface area contributed by atoms with Crippen molar-refractivity contribution < 1.29 is 0 Å². The summed E-state index contributed by atoms with van der Waals surface area (Å²) in [5.74, 6) is 0. The van der Waals surface area contributed by atoms with Crippen molar-refractivity contribution in [3.63, 3.8) is 0 Å². The second kappa shape index (κ2) is 17.7. The van der Waals surface area contributed by atoms with Gasteiger partial charge in [-0.2, -0.15) is 0 Å². The van der Waals surface area contributed by atoms with Crippen molar-refractivity contribution in [1.29, 1.82) is 0 Å². The summed E-state index contributed by atoms with van der Waals surface area (Å²) in [5, 5.41) is 0. The molecule has 254 valence electrons. The van der Waals surface area contributed by atoms with Crippen LogP contribution in [0.25, 0.3) is 39.0 Å². The van der Waals surface area contributed by atoms with Crippen LogP contribution in [0.4, 0.5) is 0 Å². The Balaban J connectivity index is 1.18. The molecule has 5 rings (SSSR count). The summed E-state index contributed by atoms with van der Waals surface area (Å²) in [7, 11) is -2.73. The lowest BCUT2D eigenvalue weighted by Crippen LogP contribution is -2.38. The Morgan fingerprint density at radius 1 is 0.340 bits per heavy atom. The van der Waals surface area contributed by atoms with Crippen LogP contribution in [0.5, 0.6) is 0 Å². The predicted octanol–water partition coefficient (Wildman–Crippen LogP) is 15.2. The van der Waals surface area contributed by atoms with E-state index >= 15 is 0 Å². The van der Waals surface area contributed by atoms with Gasteiger partial charge in [0, 0.05) is 39.0 Å². The fourth-order valence-corrected chi connectivity index (χ4v) is 18.6. The summed E-state index contributed by atoms with van der Waals surface area (Å²) in [5.41, 5.74) is 0. The van der Waals surface area contributed by atoms with E-state index in [9.17, 15) is 0 Å². The van der Waals surface area contributed by atoms with Crippen molar-refractivity contribution >= 4 is 81.8 Å². The van der Waals surface area contributed by atoms with Gasteiger partial charge >= 0.3 is 0 Å². The van der Waals surface area contributed by atoms with Crippen LogP contribution >= 0.6 is 56.7 Å². The van der Waals surface area contributed by atoms with Gasteiger partial charge in [-0.3, -0.25) is 0 Å². The highest BCUT2D eigenvalue weighted by Gasteiger charge is 2.26. The summed E-state index contributed by atoms with van der Waals surface area (Å²) >= 11 is 10.0. The van der Waals surface area contributed by atoms with Crippen LogP contribution in [-0.4, -0.2) is 16.1 Å². The quantitative estimate of drug-likeness (QED) is 0.0549. The zero-order valence-electron chi connectivity index (χ0n) is 29.7. The van der Waals surface area contributed by atoms with Crippen LogP contribution in [0.1, 0.15) is 90.9 Å². The summed E-state index contributed by atoms with van der Waals surface area (Å²) in [6.45, 7) is 14.9. The lowest BCUT2D eigenvalue weighted by molar-refractivity contribution is 0.623. The van der Waals surface area contributed by atoms with E-state index in [1.807, 2.05) is 34.0 Å². The summed E-state index contributed by atoms with van der Waals surface area (Å²) in [6, 6.07) is 26.6. The Morgan fingerprint density at radius 2 is 0.596 bits per heavy atom. The van der Waals surface area contributed by atoms with Crippen molar-refractivity contribution in [2.45, 2.75) is 129 Å². The minimum Gasteiger partial charge on any atom is -0.144 e. The largest absolute Gasteiger partial charge is 0.144 e. The van der Waals surface area contributed by atoms with Gasteiger partial charge in [0.15, 0.2) is 0 Å². The second-order valence-corrected chi connectivity index (χ2v) is 30.4. The van der Waals surface area contributed by atoms with Crippen molar-refractivity contribution in [1.82, 2.24) is 0 Å². The van der Waals surface area contributed by atoms with Crippen molar-refractivity contribution in [2.75, 3.05) is 0 Å². The van der Waals surface area contributed by atoms with Gasteiger partial charge in [0.05, 0.1) is 16.1 Å². The van der Waals surface area contributed by atoms with Gasteiger partial charge in [0.2, 0.25) is 0 Å². The first-order chi connectivity index (χ1) is 22.7. The third-order valence-electron chi connectivity index (χ3n) is 9.65. The Hall–Kier alpha value is -1.07. The number of unbranched alkanes of at least 4 members (excludes halogenated alkanes) is 10. The number of hydrogen-bond donors (Lipinski definition) is 0. The van der Waals surface area contributed by atoms with Gasteiger partial charge in [-0.15, -0.1) is 56.7 Å². The number of rotatable bonds is 20. The fraction of sp³-hybridized carbons (Fsp3) is 0.500. The van der Waals surface area contributed by atoms with E-state index in [0.717, 1.165) is 0 Å². The first-order valence-electron chi connectivity index (χ1n) is 18.2. The second-order valence-electron chi connectivity index (χ2n) is 14.6. The topological polar surface area (TPSA) is 0 Å². The zero-order chi connectivity index (χ0) is 33.3. The molecule has 0 aromatic carbocycles. The summed E-state index contributed by atoms with van der Waals surface area (Å²) in [6.07, 6.45) is 16.7. The molecule has 0 aliphatic carbocycles. The van der Waals surface area contributed by atoms with E-state index in [1.165, 1.54) is 128 Å². The predicted molar refractivity (Wildman–Crippen MR) is 228 cm³/mol. The van der Waals surface area contributed by atoms with E-state index in [0.29, 0.717) is 0 Å². The molecule has 0 bridgehead atoms. The lowest BCUT2D eigenvalue weighted by Gasteiger charge is -2.20. The molecule has 5 aromatic rings. The third kappa shape index (κ3) is 10.2. The Labute approximate surface area is 308 Å². The normalized spacial score (nSPS) is 12.4. The molecule has 0 atom stereocenters.